The van der Waals surface area contributed by atoms with Gasteiger partial charge < -0.3 is 4.57 Å². The Hall–Kier alpha value is -2.40. The van der Waals surface area contributed by atoms with Crippen LogP contribution in [0, 0.1) is 30.9 Å². The van der Waals surface area contributed by atoms with Gasteiger partial charge in [-0.15, -0.1) is 0 Å². The van der Waals surface area contributed by atoms with E-state index in [1.807, 2.05) is 48.7 Å². The third-order valence-corrected chi connectivity index (χ3v) is 4.41. The highest BCUT2D eigenvalue weighted by Gasteiger charge is 2.23. The summed E-state index contributed by atoms with van der Waals surface area (Å²) in [5.74, 6) is 0.753. The minimum Gasteiger partial charge on any atom is -0.323 e. The summed E-state index contributed by atoms with van der Waals surface area (Å²) in [4.78, 5) is 15.5. The van der Waals surface area contributed by atoms with Gasteiger partial charge in [-0.1, -0.05) is 23.7 Å². The Labute approximate surface area is 138 Å². The Bertz CT molecular complexity index is 914. The summed E-state index contributed by atoms with van der Waals surface area (Å²) in [6.45, 7) is 6.11. The van der Waals surface area contributed by atoms with Gasteiger partial charge in [-0.2, -0.15) is 0 Å². The number of nitro benzene ring substituents is 1. The molecule has 5 nitrogen and oxygen atoms in total. The second kappa shape index (κ2) is 5.66. The Kier molecular flexibility index (Phi) is 3.82. The van der Waals surface area contributed by atoms with Crippen molar-refractivity contribution in [2.24, 2.45) is 0 Å². The van der Waals surface area contributed by atoms with Gasteiger partial charge in [0.15, 0.2) is 5.52 Å². The molecule has 0 amide bonds. The van der Waals surface area contributed by atoms with Gasteiger partial charge in [0, 0.05) is 17.1 Å². The lowest BCUT2D eigenvalue weighted by Gasteiger charge is -2.09. The summed E-state index contributed by atoms with van der Waals surface area (Å²) in [6.07, 6.45) is 0. The van der Waals surface area contributed by atoms with Gasteiger partial charge in [-0.05, 0) is 50.1 Å². The smallest absolute Gasteiger partial charge is 0.300 e. The standard InChI is InChI=1S/C17H16ClN3O2/c1-10-8-15-16(17(11(10)2)21(22)23)19-12(3)20(15)9-13-4-6-14(18)7-5-13/h4-8H,9H2,1-3H3. The molecule has 0 N–H and O–H groups in total. The van der Waals surface area contributed by atoms with Gasteiger partial charge in [-0.25, -0.2) is 4.98 Å². The van der Waals surface area contributed by atoms with Crippen molar-refractivity contribution < 1.29 is 4.92 Å². The summed E-state index contributed by atoms with van der Waals surface area (Å²) < 4.78 is 2.00. The highest BCUT2D eigenvalue weighted by molar-refractivity contribution is 6.30. The van der Waals surface area contributed by atoms with Crippen molar-refractivity contribution in [3.8, 4) is 0 Å². The average molecular weight is 330 g/mol. The maximum absolute atomic E-state index is 11.4. The van der Waals surface area contributed by atoms with Crippen LogP contribution in [0.4, 0.5) is 5.69 Å². The van der Waals surface area contributed by atoms with E-state index in [9.17, 15) is 10.1 Å². The van der Waals surface area contributed by atoms with Gasteiger partial charge in [0.2, 0.25) is 0 Å². The van der Waals surface area contributed by atoms with Crippen LogP contribution < -0.4 is 0 Å². The number of benzene rings is 2. The zero-order valence-electron chi connectivity index (χ0n) is 13.1. The third-order valence-electron chi connectivity index (χ3n) is 4.16. The van der Waals surface area contributed by atoms with E-state index in [4.69, 9.17) is 11.6 Å². The second-order valence-electron chi connectivity index (χ2n) is 5.66. The average Bonchev–Trinajstić information content (AvgIpc) is 2.78. The molecular formula is C17H16ClN3O2. The zero-order valence-corrected chi connectivity index (χ0v) is 13.9. The molecule has 2 aromatic carbocycles. The van der Waals surface area contributed by atoms with Gasteiger partial charge in [0.25, 0.3) is 5.69 Å². The molecule has 0 aliphatic heterocycles. The fourth-order valence-electron chi connectivity index (χ4n) is 2.78. The van der Waals surface area contributed by atoms with E-state index in [2.05, 4.69) is 4.98 Å². The lowest BCUT2D eigenvalue weighted by Crippen LogP contribution is -2.02. The highest BCUT2D eigenvalue weighted by atomic mass is 35.5. The van der Waals surface area contributed by atoms with Crippen LogP contribution in [-0.4, -0.2) is 14.5 Å². The van der Waals surface area contributed by atoms with Gasteiger partial charge in [0.1, 0.15) is 5.82 Å². The van der Waals surface area contributed by atoms with E-state index < -0.39 is 0 Å². The first-order valence-electron chi connectivity index (χ1n) is 7.24. The van der Waals surface area contributed by atoms with Crippen LogP contribution in [0.1, 0.15) is 22.5 Å². The van der Waals surface area contributed by atoms with E-state index >= 15 is 0 Å². The first-order valence-corrected chi connectivity index (χ1v) is 7.62. The minimum absolute atomic E-state index is 0.0953. The maximum atomic E-state index is 11.4. The van der Waals surface area contributed by atoms with E-state index in [-0.39, 0.29) is 10.6 Å². The Morgan fingerprint density at radius 1 is 1.22 bits per heavy atom. The number of aryl methyl sites for hydroxylation is 2. The van der Waals surface area contributed by atoms with E-state index in [0.717, 1.165) is 22.5 Å². The van der Waals surface area contributed by atoms with Crippen LogP contribution in [0.3, 0.4) is 0 Å². The van der Waals surface area contributed by atoms with Gasteiger partial charge in [-0.3, -0.25) is 10.1 Å². The summed E-state index contributed by atoms with van der Waals surface area (Å²) in [6, 6.07) is 9.53. The number of rotatable bonds is 3. The topological polar surface area (TPSA) is 61.0 Å². The van der Waals surface area contributed by atoms with Crippen LogP contribution in [-0.2, 0) is 6.54 Å². The van der Waals surface area contributed by atoms with Crippen molar-refractivity contribution in [1.29, 1.82) is 0 Å². The molecule has 3 rings (SSSR count). The van der Waals surface area contributed by atoms with Crippen LogP contribution in [0.15, 0.2) is 30.3 Å². The molecule has 118 valence electrons. The van der Waals surface area contributed by atoms with E-state index in [1.54, 1.807) is 6.92 Å². The van der Waals surface area contributed by atoms with Crippen LogP contribution in [0.2, 0.25) is 5.02 Å². The molecule has 1 aromatic heterocycles. The molecule has 1 heterocycles. The molecular weight excluding hydrogens is 314 g/mol. The molecule has 3 aromatic rings. The van der Waals surface area contributed by atoms with Crippen molar-refractivity contribution in [1.82, 2.24) is 9.55 Å². The van der Waals surface area contributed by atoms with Gasteiger partial charge >= 0.3 is 0 Å². The SMILES string of the molecule is Cc1cc2c(nc(C)n2Cc2ccc(Cl)cc2)c([N+](=O)[O-])c1C. The predicted octanol–water partition coefficient (Wildman–Crippen LogP) is 4.57. The molecule has 0 aliphatic carbocycles. The first-order chi connectivity index (χ1) is 10.9. The van der Waals surface area contributed by atoms with Crippen molar-refractivity contribution in [2.75, 3.05) is 0 Å². The lowest BCUT2D eigenvalue weighted by atomic mass is 10.1. The maximum Gasteiger partial charge on any atom is 0.300 e. The fourth-order valence-corrected chi connectivity index (χ4v) is 2.90. The number of imidazole rings is 1. The number of halogens is 1. The number of fused-ring (bicyclic) bond motifs is 1. The number of hydrogen-bond acceptors (Lipinski definition) is 3. The van der Waals surface area contributed by atoms with Crippen LogP contribution in [0.25, 0.3) is 11.0 Å². The predicted molar refractivity (Wildman–Crippen MR) is 91.2 cm³/mol. The van der Waals surface area contributed by atoms with Gasteiger partial charge in [0.05, 0.1) is 10.4 Å². The van der Waals surface area contributed by atoms with Crippen LogP contribution >= 0.6 is 11.6 Å². The molecule has 0 saturated heterocycles. The second-order valence-corrected chi connectivity index (χ2v) is 6.10. The lowest BCUT2D eigenvalue weighted by molar-refractivity contribution is -0.383. The quantitative estimate of drug-likeness (QED) is 0.522. The molecule has 6 heteroatoms. The minimum atomic E-state index is -0.344. The first kappa shape index (κ1) is 15.5. The van der Waals surface area contributed by atoms with E-state index in [0.29, 0.717) is 22.6 Å². The molecule has 0 atom stereocenters. The molecule has 0 radical (unpaired) electrons. The summed E-state index contributed by atoms with van der Waals surface area (Å²) in [5.41, 5.74) is 3.95. The zero-order chi connectivity index (χ0) is 16.7. The molecule has 0 spiro atoms. The Balaban J connectivity index is 2.20. The summed E-state index contributed by atoms with van der Waals surface area (Å²) in [5, 5.41) is 12.1. The molecule has 23 heavy (non-hydrogen) atoms. The normalized spacial score (nSPS) is 11.1. The summed E-state index contributed by atoms with van der Waals surface area (Å²) in [7, 11) is 0. The van der Waals surface area contributed by atoms with Crippen LogP contribution in [0.5, 0.6) is 0 Å². The van der Waals surface area contributed by atoms with Crippen molar-refractivity contribution in [2.45, 2.75) is 27.3 Å². The highest BCUT2D eigenvalue weighted by Crippen LogP contribution is 2.32. The van der Waals surface area contributed by atoms with Crippen molar-refractivity contribution in [3.05, 3.63) is 68.0 Å². The van der Waals surface area contributed by atoms with Crippen molar-refractivity contribution >= 4 is 28.3 Å². The third kappa shape index (κ3) is 2.68. The number of hydrogen-bond donors (Lipinski definition) is 0. The molecule has 0 saturated carbocycles. The largest absolute Gasteiger partial charge is 0.323 e. The number of nitro groups is 1. The Morgan fingerprint density at radius 2 is 1.87 bits per heavy atom. The molecule has 0 bridgehead atoms. The summed E-state index contributed by atoms with van der Waals surface area (Å²) >= 11 is 5.92. The number of aromatic nitrogens is 2. The monoisotopic (exact) mass is 329 g/mol. The van der Waals surface area contributed by atoms with E-state index in [1.165, 1.54) is 0 Å². The number of nitrogens with zero attached hydrogens (tertiary/aromatic N) is 3. The molecule has 0 fully saturated rings. The molecule has 0 aliphatic rings. The van der Waals surface area contributed by atoms with Crippen molar-refractivity contribution in [3.63, 3.8) is 0 Å². The fraction of sp³-hybridized carbons (Fsp3) is 0.235. The Morgan fingerprint density at radius 3 is 2.48 bits per heavy atom. The molecule has 0 unspecified atom stereocenters.